The molecule has 4 nitrogen and oxygen atoms in total. The summed E-state index contributed by atoms with van der Waals surface area (Å²) in [6, 6.07) is 7.96. The predicted octanol–water partition coefficient (Wildman–Crippen LogP) is 3.73. The summed E-state index contributed by atoms with van der Waals surface area (Å²) in [7, 11) is 0. The lowest BCUT2D eigenvalue weighted by molar-refractivity contribution is 0.573. The molecule has 0 atom stereocenters. The molecule has 1 aliphatic heterocycles. The number of anilines is 2. The van der Waals surface area contributed by atoms with E-state index in [-0.39, 0.29) is 0 Å². The van der Waals surface area contributed by atoms with Crippen LogP contribution in [0.1, 0.15) is 24.8 Å². The fraction of sp³-hybridized carbons (Fsp3) is 0.375. The number of pyridine rings is 2. The molecule has 1 aliphatic rings. The maximum Gasteiger partial charge on any atom is 0.131 e. The third-order valence-electron chi connectivity index (χ3n) is 3.71. The maximum absolute atomic E-state index is 5.89. The molecule has 1 N–H and O–H groups in total. The monoisotopic (exact) mass is 302 g/mol. The van der Waals surface area contributed by atoms with Crippen LogP contribution in [0.5, 0.6) is 0 Å². The van der Waals surface area contributed by atoms with Crippen LogP contribution < -0.4 is 10.2 Å². The SMILES string of the molecule is Clc1cc(NCc2ccnc(N3CCCCC3)c2)ccn1. The number of rotatable bonds is 4. The smallest absolute Gasteiger partial charge is 0.131 e. The van der Waals surface area contributed by atoms with Gasteiger partial charge in [0.2, 0.25) is 0 Å². The number of aromatic nitrogens is 2. The minimum absolute atomic E-state index is 0.503. The molecule has 2 aromatic rings. The number of halogens is 1. The van der Waals surface area contributed by atoms with Crippen LogP contribution in [0.15, 0.2) is 36.7 Å². The first-order chi connectivity index (χ1) is 10.3. The van der Waals surface area contributed by atoms with Gasteiger partial charge >= 0.3 is 0 Å². The van der Waals surface area contributed by atoms with Crippen molar-refractivity contribution in [3.8, 4) is 0 Å². The molecule has 0 amide bonds. The Kier molecular flexibility index (Phi) is 4.55. The van der Waals surface area contributed by atoms with Crippen molar-refractivity contribution in [3.05, 3.63) is 47.4 Å². The average Bonchev–Trinajstić information content (AvgIpc) is 2.54. The lowest BCUT2D eigenvalue weighted by atomic mass is 10.1. The van der Waals surface area contributed by atoms with Crippen molar-refractivity contribution in [3.63, 3.8) is 0 Å². The zero-order valence-corrected chi connectivity index (χ0v) is 12.7. The predicted molar refractivity (Wildman–Crippen MR) is 86.9 cm³/mol. The van der Waals surface area contributed by atoms with E-state index >= 15 is 0 Å². The van der Waals surface area contributed by atoms with Crippen LogP contribution in [0.2, 0.25) is 5.15 Å². The maximum atomic E-state index is 5.89. The van der Waals surface area contributed by atoms with E-state index < -0.39 is 0 Å². The van der Waals surface area contributed by atoms with Gasteiger partial charge < -0.3 is 10.2 Å². The van der Waals surface area contributed by atoms with Gasteiger partial charge in [0, 0.05) is 37.7 Å². The van der Waals surface area contributed by atoms with Crippen LogP contribution in [0.3, 0.4) is 0 Å². The van der Waals surface area contributed by atoms with Gasteiger partial charge in [-0.3, -0.25) is 0 Å². The summed E-state index contributed by atoms with van der Waals surface area (Å²) in [6.07, 6.45) is 7.46. The molecule has 2 aromatic heterocycles. The Morgan fingerprint density at radius 3 is 2.67 bits per heavy atom. The average molecular weight is 303 g/mol. The zero-order chi connectivity index (χ0) is 14.5. The summed E-state index contributed by atoms with van der Waals surface area (Å²) in [5.74, 6) is 1.08. The number of hydrogen-bond donors (Lipinski definition) is 1. The quantitative estimate of drug-likeness (QED) is 0.874. The highest BCUT2D eigenvalue weighted by molar-refractivity contribution is 6.29. The Bertz CT molecular complexity index is 596. The van der Waals surface area contributed by atoms with Crippen LogP contribution in [0.4, 0.5) is 11.5 Å². The van der Waals surface area contributed by atoms with Gasteiger partial charge in [-0.25, -0.2) is 9.97 Å². The molecule has 3 rings (SSSR count). The Morgan fingerprint density at radius 2 is 1.86 bits per heavy atom. The second kappa shape index (κ2) is 6.76. The van der Waals surface area contributed by atoms with E-state index in [4.69, 9.17) is 11.6 Å². The molecule has 0 unspecified atom stereocenters. The molecule has 0 radical (unpaired) electrons. The number of piperidine rings is 1. The summed E-state index contributed by atoms with van der Waals surface area (Å²) in [5.41, 5.74) is 2.20. The number of nitrogens with one attached hydrogen (secondary N) is 1. The van der Waals surface area contributed by atoms with Crippen molar-refractivity contribution in [1.82, 2.24) is 9.97 Å². The molecule has 5 heteroatoms. The van der Waals surface area contributed by atoms with Gasteiger partial charge in [0.05, 0.1) is 0 Å². The normalized spacial score (nSPS) is 15.0. The van der Waals surface area contributed by atoms with E-state index in [2.05, 4.69) is 26.3 Å². The van der Waals surface area contributed by atoms with E-state index in [1.807, 2.05) is 24.4 Å². The largest absolute Gasteiger partial charge is 0.381 e. The van der Waals surface area contributed by atoms with E-state index in [1.165, 1.54) is 24.8 Å². The third-order valence-corrected chi connectivity index (χ3v) is 3.92. The van der Waals surface area contributed by atoms with Crippen molar-refractivity contribution >= 4 is 23.1 Å². The topological polar surface area (TPSA) is 41.1 Å². The summed E-state index contributed by atoms with van der Waals surface area (Å²) >= 11 is 5.89. The summed E-state index contributed by atoms with van der Waals surface area (Å²) in [5, 5.41) is 3.86. The molecule has 1 saturated heterocycles. The van der Waals surface area contributed by atoms with E-state index in [1.54, 1.807) is 6.20 Å². The van der Waals surface area contributed by atoms with Crippen molar-refractivity contribution in [2.24, 2.45) is 0 Å². The van der Waals surface area contributed by atoms with Gasteiger partial charge in [0.15, 0.2) is 0 Å². The molecular formula is C16H19ClN4. The number of nitrogens with zero attached hydrogens (tertiary/aromatic N) is 3. The molecule has 0 aromatic carbocycles. The highest BCUT2D eigenvalue weighted by atomic mass is 35.5. The summed E-state index contributed by atoms with van der Waals surface area (Å²) in [4.78, 5) is 10.8. The molecule has 1 fully saturated rings. The zero-order valence-electron chi connectivity index (χ0n) is 11.9. The standard InChI is InChI=1S/C16H19ClN4/c17-15-11-14(5-7-18-15)20-12-13-4-6-19-16(10-13)21-8-2-1-3-9-21/h4-7,10-11H,1-3,8-9,12H2,(H,18,20). The first kappa shape index (κ1) is 14.1. The van der Waals surface area contributed by atoms with Gasteiger partial charge in [0.25, 0.3) is 0 Å². The lowest BCUT2D eigenvalue weighted by Crippen LogP contribution is -2.30. The fourth-order valence-electron chi connectivity index (χ4n) is 2.58. The van der Waals surface area contributed by atoms with Crippen molar-refractivity contribution in [2.45, 2.75) is 25.8 Å². The van der Waals surface area contributed by atoms with Gasteiger partial charge in [-0.15, -0.1) is 0 Å². The van der Waals surface area contributed by atoms with E-state index in [0.29, 0.717) is 5.15 Å². The first-order valence-corrected chi connectivity index (χ1v) is 7.74. The van der Waals surface area contributed by atoms with Crippen LogP contribution in [-0.2, 0) is 6.54 Å². The van der Waals surface area contributed by atoms with Gasteiger partial charge in [-0.2, -0.15) is 0 Å². The third kappa shape index (κ3) is 3.85. The van der Waals surface area contributed by atoms with Crippen LogP contribution in [0.25, 0.3) is 0 Å². The van der Waals surface area contributed by atoms with Gasteiger partial charge in [-0.1, -0.05) is 11.6 Å². The van der Waals surface area contributed by atoms with Gasteiger partial charge in [-0.05, 0) is 49.1 Å². The van der Waals surface area contributed by atoms with Gasteiger partial charge in [0.1, 0.15) is 11.0 Å². The fourth-order valence-corrected chi connectivity index (χ4v) is 2.76. The Balaban J connectivity index is 1.65. The molecule has 0 bridgehead atoms. The van der Waals surface area contributed by atoms with Crippen LogP contribution in [-0.4, -0.2) is 23.1 Å². The lowest BCUT2D eigenvalue weighted by Gasteiger charge is -2.28. The van der Waals surface area contributed by atoms with E-state index in [9.17, 15) is 0 Å². The molecule has 0 spiro atoms. The van der Waals surface area contributed by atoms with Crippen molar-refractivity contribution in [2.75, 3.05) is 23.3 Å². The molecule has 21 heavy (non-hydrogen) atoms. The Morgan fingerprint density at radius 1 is 1.05 bits per heavy atom. The molecule has 110 valence electrons. The van der Waals surface area contributed by atoms with Crippen LogP contribution >= 0.6 is 11.6 Å². The molecular weight excluding hydrogens is 284 g/mol. The Hall–Kier alpha value is -1.81. The van der Waals surface area contributed by atoms with E-state index in [0.717, 1.165) is 31.1 Å². The highest BCUT2D eigenvalue weighted by Gasteiger charge is 2.12. The van der Waals surface area contributed by atoms with Crippen molar-refractivity contribution in [1.29, 1.82) is 0 Å². The number of hydrogen-bond acceptors (Lipinski definition) is 4. The second-order valence-electron chi connectivity index (χ2n) is 5.29. The Labute approximate surface area is 130 Å². The van der Waals surface area contributed by atoms with Crippen LogP contribution in [0, 0.1) is 0 Å². The molecule has 3 heterocycles. The minimum atomic E-state index is 0.503. The van der Waals surface area contributed by atoms with Crippen molar-refractivity contribution < 1.29 is 0 Å². The summed E-state index contributed by atoms with van der Waals surface area (Å²) < 4.78 is 0. The summed E-state index contributed by atoms with van der Waals surface area (Å²) in [6.45, 7) is 2.98. The molecule has 0 aliphatic carbocycles. The highest BCUT2D eigenvalue weighted by Crippen LogP contribution is 2.19. The first-order valence-electron chi connectivity index (χ1n) is 7.36. The second-order valence-corrected chi connectivity index (χ2v) is 5.68. The minimum Gasteiger partial charge on any atom is -0.381 e. The molecule has 0 saturated carbocycles.